The standard InChI is InChI=1S/C4H11NO3S/c1-3(6)4(2)9(5,7)8/h3-4,6H,1-2H3,(H2,5,7,8). The lowest BCUT2D eigenvalue weighted by atomic mass is 10.3. The molecule has 0 amide bonds. The zero-order valence-corrected chi connectivity index (χ0v) is 6.22. The molecule has 0 saturated heterocycles. The summed E-state index contributed by atoms with van der Waals surface area (Å²) >= 11 is 0. The Bertz CT molecular complexity index is 172. The minimum Gasteiger partial charge on any atom is -0.392 e. The maximum absolute atomic E-state index is 10.4. The monoisotopic (exact) mass is 153 g/mol. The van der Waals surface area contributed by atoms with Gasteiger partial charge in [0.1, 0.15) is 0 Å². The van der Waals surface area contributed by atoms with Crippen LogP contribution in [0.15, 0.2) is 0 Å². The zero-order chi connectivity index (χ0) is 7.65. The third-order valence-electron chi connectivity index (χ3n) is 1.20. The van der Waals surface area contributed by atoms with Crippen molar-refractivity contribution in [1.82, 2.24) is 0 Å². The summed E-state index contributed by atoms with van der Waals surface area (Å²) in [6.45, 7) is 2.75. The van der Waals surface area contributed by atoms with Crippen LogP contribution in [0.5, 0.6) is 0 Å². The highest BCUT2D eigenvalue weighted by Gasteiger charge is 2.20. The van der Waals surface area contributed by atoms with Gasteiger partial charge in [0.25, 0.3) is 0 Å². The second kappa shape index (κ2) is 2.64. The van der Waals surface area contributed by atoms with E-state index in [-0.39, 0.29) is 0 Å². The fourth-order valence-corrected chi connectivity index (χ4v) is 0.824. The normalized spacial score (nSPS) is 19.1. The SMILES string of the molecule is CC(O)C(C)S(N)(=O)=O. The van der Waals surface area contributed by atoms with Gasteiger partial charge in [-0.25, -0.2) is 13.6 Å². The maximum atomic E-state index is 10.4. The lowest BCUT2D eigenvalue weighted by Crippen LogP contribution is -2.34. The Balaban J connectivity index is 4.24. The second-order valence-corrected chi connectivity index (χ2v) is 3.96. The van der Waals surface area contributed by atoms with E-state index in [1.165, 1.54) is 13.8 Å². The molecular weight excluding hydrogens is 142 g/mol. The predicted octanol–water partition coefficient (Wildman–Crippen LogP) is -0.956. The number of hydrogen-bond acceptors (Lipinski definition) is 3. The fraction of sp³-hybridized carbons (Fsp3) is 1.00. The molecule has 0 saturated carbocycles. The number of hydrogen-bond donors (Lipinski definition) is 2. The van der Waals surface area contributed by atoms with Crippen LogP contribution in [0.2, 0.25) is 0 Å². The van der Waals surface area contributed by atoms with Gasteiger partial charge in [-0.15, -0.1) is 0 Å². The van der Waals surface area contributed by atoms with Crippen LogP contribution in [-0.4, -0.2) is 24.9 Å². The number of rotatable bonds is 2. The number of primary sulfonamides is 1. The van der Waals surface area contributed by atoms with E-state index < -0.39 is 21.4 Å². The first kappa shape index (κ1) is 8.87. The van der Waals surface area contributed by atoms with Crippen LogP contribution in [0.1, 0.15) is 13.8 Å². The Morgan fingerprint density at radius 3 is 1.78 bits per heavy atom. The summed E-state index contributed by atoms with van der Waals surface area (Å²) in [6.07, 6.45) is -0.903. The molecule has 0 radical (unpaired) electrons. The smallest absolute Gasteiger partial charge is 0.214 e. The van der Waals surface area contributed by atoms with Crippen LogP contribution in [-0.2, 0) is 10.0 Å². The molecular formula is C4H11NO3S. The highest BCUT2D eigenvalue weighted by Crippen LogP contribution is 1.99. The molecule has 2 atom stereocenters. The molecule has 0 heterocycles. The summed E-state index contributed by atoms with van der Waals surface area (Å²) in [5, 5.41) is 12.5. The highest BCUT2D eigenvalue weighted by atomic mass is 32.2. The topological polar surface area (TPSA) is 80.4 Å². The molecule has 0 spiro atoms. The molecule has 0 aliphatic carbocycles. The molecule has 0 aromatic heterocycles. The zero-order valence-electron chi connectivity index (χ0n) is 5.40. The average Bonchev–Trinajstić information content (AvgIpc) is 1.62. The Morgan fingerprint density at radius 2 is 1.78 bits per heavy atom. The third kappa shape index (κ3) is 2.78. The molecule has 0 aromatic carbocycles. The summed E-state index contributed by atoms with van der Waals surface area (Å²) in [7, 11) is -3.55. The summed E-state index contributed by atoms with van der Waals surface area (Å²) in [4.78, 5) is 0. The minimum absolute atomic E-state index is 0.877. The quantitative estimate of drug-likeness (QED) is 0.536. The van der Waals surface area contributed by atoms with Crippen molar-refractivity contribution in [1.29, 1.82) is 0 Å². The number of nitrogens with two attached hydrogens (primary N) is 1. The molecule has 4 nitrogen and oxygen atoms in total. The molecule has 0 aliphatic rings. The molecule has 56 valence electrons. The molecule has 0 aliphatic heterocycles. The van der Waals surface area contributed by atoms with Gasteiger partial charge in [-0.3, -0.25) is 0 Å². The van der Waals surface area contributed by atoms with Crippen LogP contribution in [0.25, 0.3) is 0 Å². The fourth-order valence-electron chi connectivity index (χ4n) is 0.275. The van der Waals surface area contributed by atoms with Crippen molar-refractivity contribution in [3.8, 4) is 0 Å². The van der Waals surface area contributed by atoms with Gasteiger partial charge in [-0.2, -0.15) is 0 Å². The van der Waals surface area contributed by atoms with Gasteiger partial charge in [0.2, 0.25) is 10.0 Å². The summed E-state index contributed by atoms with van der Waals surface area (Å²) < 4.78 is 20.8. The molecule has 0 rings (SSSR count). The van der Waals surface area contributed by atoms with Gasteiger partial charge in [0, 0.05) is 0 Å². The van der Waals surface area contributed by atoms with E-state index in [1.807, 2.05) is 0 Å². The van der Waals surface area contributed by atoms with Crippen molar-refractivity contribution in [2.75, 3.05) is 0 Å². The maximum Gasteiger partial charge on any atom is 0.214 e. The van der Waals surface area contributed by atoms with Gasteiger partial charge >= 0.3 is 0 Å². The average molecular weight is 153 g/mol. The van der Waals surface area contributed by atoms with Crippen molar-refractivity contribution < 1.29 is 13.5 Å². The number of aliphatic hydroxyl groups excluding tert-OH is 1. The molecule has 0 aromatic rings. The number of aliphatic hydroxyl groups is 1. The van der Waals surface area contributed by atoms with Gasteiger partial charge in [0.05, 0.1) is 11.4 Å². The van der Waals surface area contributed by atoms with Crippen LogP contribution in [0.4, 0.5) is 0 Å². The first-order chi connectivity index (χ1) is 3.85. The predicted molar refractivity (Wildman–Crippen MR) is 34.2 cm³/mol. The summed E-state index contributed by atoms with van der Waals surface area (Å²) in [5.41, 5.74) is 0. The molecule has 3 N–H and O–H groups in total. The van der Waals surface area contributed by atoms with Gasteiger partial charge in [-0.1, -0.05) is 0 Å². The van der Waals surface area contributed by atoms with Gasteiger partial charge in [-0.05, 0) is 13.8 Å². The number of sulfonamides is 1. The molecule has 0 fully saturated rings. The van der Waals surface area contributed by atoms with Crippen molar-refractivity contribution in [3.63, 3.8) is 0 Å². The van der Waals surface area contributed by atoms with Crippen molar-refractivity contribution in [2.45, 2.75) is 25.2 Å². The summed E-state index contributed by atoms with van der Waals surface area (Å²) in [5.74, 6) is 0. The third-order valence-corrected chi connectivity index (χ3v) is 2.63. The van der Waals surface area contributed by atoms with E-state index in [2.05, 4.69) is 0 Å². The Morgan fingerprint density at radius 1 is 1.44 bits per heavy atom. The van der Waals surface area contributed by atoms with E-state index >= 15 is 0 Å². The van der Waals surface area contributed by atoms with E-state index in [0.717, 1.165) is 0 Å². The van der Waals surface area contributed by atoms with Crippen LogP contribution < -0.4 is 5.14 Å². The molecule has 9 heavy (non-hydrogen) atoms. The lowest BCUT2D eigenvalue weighted by molar-refractivity contribution is 0.193. The van der Waals surface area contributed by atoms with E-state index in [9.17, 15) is 8.42 Å². The molecule has 0 bridgehead atoms. The van der Waals surface area contributed by atoms with Crippen LogP contribution >= 0.6 is 0 Å². The van der Waals surface area contributed by atoms with Crippen molar-refractivity contribution in [3.05, 3.63) is 0 Å². The van der Waals surface area contributed by atoms with Crippen LogP contribution in [0, 0.1) is 0 Å². The summed E-state index contributed by atoms with van der Waals surface area (Å²) in [6, 6.07) is 0. The van der Waals surface area contributed by atoms with E-state index in [0.29, 0.717) is 0 Å². The first-order valence-corrected chi connectivity index (χ1v) is 4.16. The Hall–Kier alpha value is -0.130. The lowest BCUT2D eigenvalue weighted by Gasteiger charge is -2.10. The molecule has 2 unspecified atom stereocenters. The van der Waals surface area contributed by atoms with Gasteiger partial charge < -0.3 is 5.11 Å². The van der Waals surface area contributed by atoms with Crippen molar-refractivity contribution in [2.24, 2.45) is 5.14 Å². The van der Waals surface area contributed by atoms with Crippen molar-refractivity contribution >= 4 is 10.0 Å². The van der Waals surface area contributed by atoms with E-state index in [4.69, 9.17) is 10.2 Å². The Labute approximate surface area is 54.7 Å². The van der Waals surface area contributed by atoms with Gasteiger partial charge in [0.15, 0.2) is 0 Å². The Kier molecular flexibility index (Phi) is 2.60. The highest BCUT2D eigenvalue weighted by molar-refractivity contribution is 7.89. The first-order valence-electron chi connectivity index (χ1n) is 2.55. The molecule has 5 heteroatoms. The largest absolute Gasteiger partial charge is 0.392 e. The second-order valence-electron chi connectivity index (χ2n) is 2.03. The van der Waals surface area contributed by atoms with Crippen LogP contribution in [0.3, 0.4) is 0 Å². The minimum atomic E-state index is -3.55. The van der Waals surface area contributed by atoms with E-state index in [1.54, 1.807) is 0 Å².